The van der Waals surface area contributed by atoms with Crippen LogP contribution in [0.2, 0.25) is 0 Å². The molecule has 2 saturated heterocycles. The molecule has 3 unspecified atom stereocenters. The van der Waals surface area contributed by atoms with Crippen molar-refractivity contribution >= 4 is 40.9 Å². The van der Waals surface area contributed by atoms with Gasteiger partial charge >= 0.3 is 0 Å². The molecule has 3 N–H and O–H groups in total. The van der Waals surface area contributed by atoms with Crippen molar-refractivity contribution < 1.29 is 27.6 Å². The van der Waals surface area contributed by atoms with Crippen LogP contribution in [-0.2, 0) is 28.8 Å². The molecule has 1 saturated carbocycles. The average molecular weight is 430 g/mol. The van der Waals surface area contributed by atoms with Gasteiger partial charge in [-0.2, -0.15) is 0 Å². The molecule has 3 fully saturated rings. The fourth-order valence-electron chi connectivity index (χ4n) is 3.46. The van der Waals surface area contributed by atoms with E-state index in [2.05, 4.69) is 21.9 Å². The molecule has 10 nitrogen and oxygen atoms in total. The molecule has 1 aliphatic carbocycles. The molecule has 2 heterocycles. The molecule has 0 aromatic carbocycles. The molecule has 0 radical (unpaired) electrons. The van der Waals surface area contributed by atoms with E-state index >= 15 is 0 Å². The number of hydrogen-bond donors (Lipinski definition) is 3. The highest BCUT2D eigenvalue weighted by molar-refractivity contribution is 8.51. The Hall–Kier alpha value is -2.00. The van der Waals surface area contributed by atoms with Crippen LogP contribution in [0, 0.1) is 5.92 Å². The highest BCUT2D eigenvalue weighted by atomic mass is 32.8. The topological polar surface area (TPSA) is 142 Å². The van der Waals surface area contributed by atoms with Gasteiger partial charge in [0.15, 0.2) is 0 Å². The van der Waals surface area contributed by atoms with Gasteiger partial charge in [-0.15, -0.1) is 6.58 Å². The lowest BCUT2D eigenvalue weighted by atomic mass is 10.1. The number of nitrogens with zero attached hydrogens (tertiary/aromatic N) is 1. The fourth-order valence-corrected chi connectivity index (χ4v) is 7.63. The molecule has 4 amide bonds. The zero-order valence-corrected chi connectivity index (χ0v) is 16.9. The van der Waals surface area contributed by atoms with Gasteiger partial charge in [0, 0.05) is 19.6 Å². The molecule has 154 valence electrons. The quantitative estimate of drug-likeness (QED) is 0.234. The minimum Gasteiger partial charge on any atom is -0.350 e. The summed E-state index contributed by atoms with van der Waals surface area (Å²) < 4.78 is 26.4. The summed E-state index contributed by atoms with van der Waals surface area (Å²) in [7, 11) is -4.88. The molecule has 3 rings (SSSR count). The van der Waals surface area contributed by atoms with Crippen molar-refractivity contribution in [3.8, 4) is 0 Å². The number of likely N-dealkylation sites (tertiary alicyclic amines) is 1. The van der Waals surface area contributed by atoms with Crippen molar-refractivity contribution in [2.24, 2.45) is 5.92 Å². The summed E-state index contributed by atoms with van der Waals surface area (Å²) in [5, 5.41) is 4.95. The van der Waals surface area contributed by atoms with Gasteiger partial charge in [-0.1, -0.05) is 6.08 Å². The second-order valence-corrected chi connectivity index (χ2v) is 13.1. The van der Waals surface area contributed by atoms with Crippen molar-refractivity contribution in [1.29, 1.82) is 0 Å². The summed E-state index contributed by atoms with van der Waals surface area (Å²) in [5.41, 5.74) is -1.35. The smallest absolute Gasteiger partial charge is 0.260 e. The molecule has 0 aromatic heterocycles. The summed E-state index contributed by atoms with van der Waals surface area (Å²) in [6, 6.07) is -0.763. The highest BCUT2D eigenvalue weighted by Crippen LogP contribution is 2.56. The van der Waals surface area contributed by atoms with Crippen molar-refractivity contribution in [2.75, 3.05) is 25.4 Å². The van der Waals surface area contributed by atoms with Crippen LogP contribution in [0.5, 0.6) is 0 Å². The number of amides is 4. The number of nitrogens with one attached hydrogen (secondary N) is 3. The minimum absolute atomic E-state index is 0.212. The van der Waals surface area contributed by atoms with E-state index in [1.165, 1.54) is 11.0 Å². The third-order valence-electron chi connectivity index (χ3n) is 5.23. The predicted molar refractivity (Wildman–Crippen MR) is 102 cm³/mol. The summed E-state index contributed by atoms with van der Waals surface area (Å²) in [5.74, 6) is -2.02. The molecule has 2 aliphatic heterocycles. The monoisotopic (exact) mass is 430 g/mol. The standard InChI is InChI=1S/C16H23N4O6PS/c1-2-11-8-16(11,15(24)19-28(25,26)27-6-7-27)18-14(23)12-4-3-5-20(12)13(22)9-17-10-21/h2,10-12H,1,3-9H2,(H,17,21)(H,18,23)(H,19,24). The van der Waals surface area contributed by atoms with E-state index in [-0.39, 0.29) is 18.9 Å². The normalized spacial score (nSPS) is 28.9. The van der Waals surface area contributed by atoms with Gasteiger partial charge in [-0.05, 0) is 31.6 Å². The van der Waals surface area contributed by atoms with E-state index < -0.39 is 46.1 Å². The van der Waals surface area contributed by atoms with Crippen LogP contribution in [0.3, 0.4) is 0 Å². The van der Waals surface area contributed by atoms with Crippen molar-refractivity contribution in [3.05, 3.63) is 12.7 Å². The lowest BCUT2D eigenvalue weighted by molar-refractivity contribution is -0.139. The van der Waals surface area contributed by atoms with Crippen LogP contribution in [-0.4, -0.2) is 74.4 Å². The van der Waals surface area contributed by atoms with Crippen molar-refractivity contribution in [3.63, 3.8) is 0 Å². The molecule has 0 bridgehead atoms. The van der Waals surface area contributed by atoms with Gasteiger partial charge in [0.1, 0.15) is 11.6 Å². The molecule has 12 heteroatoms. The number of hydrogen-bond acceptors (Lipinski definition) is 6. The lowest BCUT2D eigenvalue weighted by Crippen LogP contribution is -2.56. The predicted octanol–water partition coefficient (Wildman–Crippen LogP) is -1.36. The first-order chi connectivity index (χ1) is 13.2. The number of carbonyl (C=O) groups excluding carboxylic acids is 4. The van der Waals surface area contributed by atoms with E-state index in [9.17, 15) is 27.6 Å². The Morgan fingerprint density at radius 1 is 1.29 bits per heavy atom. The molecular formula is C16H23N4O6PS. The van der Waals surface area contributed by atoms with Crippen LogP contribution in [0.25, 0.3) is 0 Å². The Morgan fingerprint density at radius 2 is 2.00 bits per heavy atom. The second kappa shape index (κ2) is 7.79. The van der Waals surface area contributed by atoms with Crippen LogP contribution >= 0.6 is 7.12 Å². The maximum atomic E-state index is 12.8. The Balaban J connectivity index is 1.69. The minimum atomic E-state index is -3.68. The number of rotatable bonds is 9. The van der Waals surface area contributed by atoms with Crippen molar-refractivity contribution in [2.45, 2.75) is 30.8 Å². The van der Waals surface area contributed by atoms with E-state index in [0.29, 0.717) is 38.1 Å². The first-order valence-electron chi connectivity index (χ1n) is 8.98. The fraction of sp³-hybridized carbons (Fsp3) is 0.625. The van der Waals surface area contributed by atoms with E-state index in [1.54, 1.807) is 0 Å². The molecule has 3 atom stereocenters. The van der Waals surface area contributed by atoms with Gasteiger partial charge in [0.2, 0.25) is 18.2 Å². The average Bonchev–Trinajstić information content (AvgIpc) is 3.56. The molecular weight excluding hydrogens is 407 g/mol. The van der Waals surface area contributed by atoms with Crippen LogP contribution in [0.4, 0.5) is 0 Å². The van der Waals surface area contributed by atoms with E-state index in [4.69, 9.17) is 0 Å². The van der Waals surface area contributed by atoms with Gasteiger partial charge in [-0.3, -0.25) is 19.2 Å². The molecule has 28 heavy (non-hydrogen) atoms. The van der Waals surface area contributed by atoms with E-state index in [0.717, 1.165) is 0 Å². The van der Waals surface area contributed by atoms with Gasteiger partial charge in [0.05, 0.1) is 6.54 Å². The Morgan fingerprint density at radius 3 is 2.57 bits per heavy atom. The SMILES string of the molecule is C=CC1CC1(NC(=O)C1CCCN1C(=O)CNC=O)C(=O)NS(=O)(=O)P1CC1. The first-order valence-corrected chi connectivity index (χ1v) is 12.8. The summed E-state index contributed by atoms with van der Waals surface area (Å²) in [4.78, 5) is 49.4. The van der Waals surface area contributed by atoms with Gasteiger partial charge in [-0.25, -0.2) is 13.1 Å². The maximum Gasteiger partial charge on any atom is 0.260 e. The molecule has 0 spiro atoms. The summed E-state index contributed by atoms with van der Waals surface area (Å²) in [6.07, 6.45) is 4.39. The third kappa shape index (κ3) is 4.05. The second-order valence-electron chi connectivity index (χ2n) is 7.09. The van der Waals surface area contributed by atoms with Crippen molar-refractivity contribution in [1.82, 2.24) is 20.3 Å². The Labute approximate surface area is 164 Å². The summed E-state index contributed by atoms with van der Waals surface area (Å²) in [6.45, 7) is 3.81. The van der Waals surface area contributed by atoms with E-state index in [1.807, 2.05) is 0 Å². The molecule has 3 aliphatic rings. The summed E-state index contributed by atoms with van der Waals surface area (Å²) >= 11 is 0. The Kier molecular flexibility index (Phi) is 5.77. The van der Waals surface area contributed by atoms with Crippen LogP contribution in [0.1, 0.15) is 19.3 Å². The molecule has 0 aromatic rings. The van der Waals surface area contributed by atoms with Crippen LogP contribution < -0.4 is 15.4 Å². The largest absolute Gasteiger partial charge is 0.350 e. The maximum absolute atomic E-state index is 12.8. The highest BCUT2D eigenvalue weighted by Gasteiger charge is 2.61. The Bertz CT molecular complexity index is 814. The number of carbonyl (C=O) groups is 4. The third-order valence-corrected chi connectivity index (χ3v) is 10.6. The zero-order chi connectivity index (χ0) is 20.5. The van der Waals surface area contributed by atoms with Gasteiger partial charge < -0.3 is 15.5 Å². The lowest BCUT2D eigenvalue weighted by Gasteiger charge is -2.26. The first kappa shape index (κ1) is 20.7. The zero-order valence-electron chi connectivity index (χ0n) is 15.2. The van der Waals surface area contributed by atoms with Crippen LogP contribution in [0.15, 0.2) is 12.7 Å². The van der Waals surface area contributed by atoms with Gasteiger partial charge in [0.25, 0.3) is 15.6 Å².